The molecule has 0 aliphatic carbocycles. The molecule has 0 spiro atoms. The van der Waals surface area contributed by atoms with Crippen molar-refractivity contribution in [3.8, 4) is 11.3 Å². The maximum absolute atomic E-state index is 6.46. The van der Waals surface area contributed by atoms with Gasteiger partial charge in [-0.15, -0.1) is 0 Å². The van der Waals surface area contributed by atoms with Crippen LogP contribution in [-0.4, -0.2) is 11.5 Å². The zero-order chi connectivity index (χ0) is 16.4. The Balaban J connectivity index is 2.20. The third kappa shape index (κ3) is 3.50. The van der Waals surface area contributed by atoms with Crippen LogP contribution in [0.3, 0.4) is 0 Å². The number of para-hydroxylation sites is 1. The zero-order valence-electron chi connectivity index (χ0n) is 12.5. The summed E-state index contributed by atoms with van der Waals surface area (Å²) in [6.07, 6.45) is 3.06. The molecule has 0 saturated carbocycles. The minimum atomic E-state index is 0.721. The predicted molar refractivity (Wildman–Crippen MR) is 106 cm³/mol. The van der Waals surface area contributed by atoms with E-state index in [9.17, 15) is 0 Å². The predicted octanol–water partition coefficient (Wildman–Crippen LogP) is 6.29. The molecule has 2 aromatic carbocycles. The third-order valence-electron chi connectivity index (χ3n) is 3.97. The largest absolute Gasteiger partial charge is 0.353 e. The van der Waals surface area contributed by atoms with E-state index in [-0.39, 0.29) is 0 Å². The number of hydrogen-bond acceptors (Lipinski definition) is 1. The number of halogens is 3. The molecule has 23 heavy (non-hydrogen) atoms. The Morgan fingerprint density at radius 1 is 1.09 bits per heavy atom. The number of aromatic nitrogens is 1. The van der Waals surface area contributed by atoms with Crippen molar-refractivity contribution in [3.63, 3.8) is 0 Å². The Kier molecular flexibility index (Phi) is 5.47. The van der Waals surface area contributed by atoms with E-state index in [0.29, 0.717) is 0 Å². The molecule has 0 bridgehead atoms. The molecule has 1 aromatic heterocycles. The van der Waals surface area contributed by atoms with E-state index in [4.69, 9.17) is 17.3 Å². The van der Waals surface area contributed by atoms with E-state index in [1.807, 2.05) is 12.1 Å². The van der Waals surface area contributed by atoms with Gasteiger partial charge >= 0.3 is 0 Å². The van der Waals surface area contributed by atoms with Gasteiger partial charge in [-0.25, -0.2) is 0 Å². The van der Waals surface area contributed by atoms with Crippen LogP contribution in [-0.2, 0) is 6.42 Å². The van der Waals surface area contributed by atoms with Crippen LogP contribution < -0.4 is 5.73 Å². The average Bonchev–Trinajstić information content (AvgIpc) is 2.90. The standard InChI is InChI=1S/C18H17Br2ClN2/c19-11-7-8-16(21)14(10-11)17-12(4-1-2-9-22)13-5-3-6-15(20)18(13)23-17/h3,5-8,10,23H,1-2,4,9,22H2. The van der Waals surface area contributed by atoms with Gasteiger partial charge in [0.2, 0.25) is 0 Å². The minimum absolute atomic E-state index is 0.721. The fourth-order valence-electron chi connectivity index (χ4n) is 2.86. The van der Waals surface area contributed by atoms with Gasteiger partial charge < -0.3 is 10.7 Å². The molecule has 0 atom stereocenters. The summed E-state index contributed by atoms with van der Waals surface area (Å²) in [5.74, 6) is 0. The fourth-order valence-corrected chi connectivity index (χ4v) is 3.90. The summed E-state index contributed by atoms with van der Waals surface area (Å²) < 4.78 is 2.08. The second kappa shape index (κ2) is 7.39. The van der Waals surface area contributed by atoms with Crippen molar-refractivity contribution < 1.29 is 0 Å². The molecule has 3 N–H and O–H groups in total. The molecular formula is C18H17Br2ClN2. The summed E-state index contributed by atoms with van der Waals surface area (Å²) in [4.78, 5) is 3.56. The number of nitrogens with two attached hydrogens (primary N) is 1. The first kappa shape index (κ1) is 17.0. The molecule has 120 valence electrons. The van der Waals surface area contributed by atoms with Crippen LogP contribution in [0.2, 0.25) is 5.02 Å². The summed E-state index contributed by atoms with van der Waals surface area (Å²) >= 11 is 13.6. The number of H-pyrrole nitrogens is 1. The van der Waals surface area contributed by atoms with Crippen molar-refractivity contribution in [3.05, 3.63) is 55.9 Å². The molecule has 1 heterocycles. The van der Waals surface area contributed by atoms with Crippen LogP contribution in [0.1, 0.15) is 18.4 Å². The second-order valence-electron chi connectivity index (χ2n) is 5.51. The first-order valence-corrected chi connectivity index (χ1v) is 9.52. The quantitative estimate of drug-likeness (QED) is 0.435. The van der Waals surface area contributed by atoms with Gasteiger partial charge in [0.15, 0.2) is 0 Å². The highest BCUT2D eigenvalue weighted by Crippen LogP contribution is 2.38. The monoisotopic (exact) mass is 454 g/mol. The molecule has 0 aliphatic heterocycles. The number of unbranched alkanes of at least 4 members (excludes halogenated alkanes) is 1. The lowest BCUT2D eigenvalue weighted by Crippen LogP contribution is -1.99. The van der Waals surface area contributed by atoms with E-state index < -0.39 is 0 Å². The second-order valence-corrected chi connectivity index (χ2v) is 7.69. The van der Waals surface area contributed by atoms with Crippen molar-refractivity contribution >= 4 is 54.4 Å². The summed E-state index contributed by atoms with van der Waals surface area (Å²) in [7, 11) is 0. The van der Waals surface area contributed by atoms with Crippen LogP contribution in [0.5, 0.6) is 0 Å². The molecule has 3 aromatic rings. The highest BCUT2D eigenvalue weighted by atomic mass is 79.9. The minimum Gasteiger partial charge on any atom is -0.353 e. The Labute approximate surface area is 157 Å². The maximum atomic E-state index is 6.46. The number of aryl methyl sites for hydroxylation is 1. The van der Waals surface area contributed by atoms with Crippen molar-refractivity contribution in [1.82, 2.24) is 4.98 Å². The van der Waals surface area contributed by atoms with Crippen LogP contribution in [0, 0.1) is 0 Å². The first-order chi connectivity index (χ1) is 11.1. The number of aromatic amines is 1. The summed E-state index contributed by atoms with van der Waals surface area (Å²) in [5, 5.41) is 1.98. The van der Waals surface area contributed by atoms with Crippen LogP contribution in [0.25, 0.3) is 22.2 Å². The molecule has 2 nitrogen and oxygen atoms in total. The van der Waals surface area contributed by atoms with Gasteiger partial charge in [-0.3, -0.25) is 0 Å². The number of rotatable bonds is 5. The molecule has 0 unspecified atom stereocenters. The Bertz CT molecular complexity index is 842. The van der Waals surface area contributed by atoms with Crippen molar-refractivity contribution in [2.24, 2.45) is 5.73 Å². The molecule has 5 heteroatoms. The normalized spacial score (nSPS) is 11.3. The summed E-state index contributed by atoms with van der Waals surface area (Å²) in [6.45, 7) is 0.721. The number of nitrogens with one attached hydrogen (secondary N) is 1. The van der Waals surface area contributed by atoms with Crippen LogP contribution >= 0.6 is 43.5 Å². The zero-order valence-corrected chi connectivity index (χ0v) is 16.4. The lowest BCUT2D eigenvalue weighted by Gasteiger charge is -2.08. The highest BCUT2D eigenvalue weighted by Gasteiger charge is 2.16. The van der Waals surface area contributed by atoms with Gasteiger partial charge in [0.25, 0.3) is 0 Å². The molecular weight excluding hydrogens is 439 g/mol. The van der Waals surface area contributed by atoms with Gasteiger partial charge in [0, 0.05) is 24.9 Å². The molecule has 0 saturated heterocycles. The van der Waals surface area contributed by atoms with E-state index in [1.54, 1.807) is 0 Å². The average molecular weight is 457 g/mol. The van der Waals surface area contributed by atoms with Gasteiger partial charge in [-0.1, -0.05) is 39.7 Å². The van der Waals surface area contributed by atoms with E-state index >= 15 is 0 Å². The van der Waals surface area contributed by atoms with Crippen molar-refractivity contribution in [2.45, 2.75) is 19.3 Å². The Hall–Kier alpha value is -0.810. The van der Waals surface area contributed by atoms with Crippen molar-refractivity contribution in [1.29, 1.82) is 0 Å². The van der Waals surface area contributed by atoms with Crippen LogP contribution in [0.15, 0.2) is 45.3 Å². The molecule has 0 aliphatic rings. The number of benzene rings is 2. The number of fused-ring (bicyclic) bond motifs is 1. The smallest absolute Gasteiger partial charge is 0.0606 e. The summed E-state index contributed by atoms with van der Waals surface area (Å²) in [5.41, 5.74) is 10.2. The fraction of sp³-hybridized carbons (Fsp3) is 0.222. The Morgan fingerprint density at radius 3 is 2.70 bits per heavy atom. The van der Waals surface area contributed by atoms with Crippen molar-refractivity contribution in [2.75, 3.05) is 6.54 Å². The van der Waals surface area contributed by atoms with E-state index in [1.165, 1.54) is 10.9 Å². The van der Waals surface area contributed by atoms with Gasteiger partial charge in [-0.2, -0.15) is 0 Å². The Morgan fingerprint density at radius 2 is 1.91 bits per heavy atom. The molecule has 3 rings (SSSR count). The van der Waals surface area contributed by atoms with E-state index in [2.05, 4.69) is 61.1 Å². The number of hydrogen-bond donors (Lipinski definition) is 2. The lowest BCUT2D eigenvalue weighted by atomic mass is 10.0. The first-order valence-electron chi connectivity index (χ1n) is 7.56. The van der Waals surface area contributed by atoms with E-state index in [0.717, 1.165) is 56.5 Å². The topological polar surface area (TPSA) is 41.8 Å². The molecule has 0 fully saturated rings. The van der Waals surface area contributed by atoms with Crippen LogP contribution in [0.4, 0.5) is 0 Å². The molecule has 0 radical (unpaired) electrons. The maximum Gasteiger partial charge on any atom is 0.0606 e. The van der Waals surface area contributed by atoms with Gasteiger partial charge in [0.05, 0.1) is 11.2 Å². The highest BCUT2D eigenvalue weighted by molar-refractivity contribution is 9.11. The lowest BCUT2D eigenvalue weighted by molar-refractivity contribution is 0.748. The molecule has 0 amide bonds. The SMILES string of the molecule is NCCCCc1c(-c2cc(Br)ccc2Cl)[nH]c2c(Br)cccc12. The van der Waals surface area contributed by atoms with Gasteiger partial charge in [0.1, 0.15) is 0 Å². The van der Waals surface area contributed by atoms with Gasteiger partial charge in [-0.05, 0) is 71.6 Å². The summed E-state index contributed by atoms with van der Waals surface area (Å²) in [6, 6.07) is 12.2. The third-order valence-corrected chi connectivity index (χ3v) is 5.45.